The summed E-state index contributed by atoms with van der Waals surface area (Å²) in [5.74, 6) is -1.64. The second-order valence-corrected chi connectivity index (χ2v) is 31.3. The maximum Gasteiger partial charge on any atom is 0.190 e. The molecule has 9 fully saturated rings. The third kappa shape index (κ3) is 7.59. The number of nitrogens with zero attached hydrogens (tertiary/aromatic N) is 3. The molecular weight excluding hydrogens is 1000 g/mol. The number of guanidine groups is 1. The topological polar surface area (TPSA) is 219 Å². The zero-order valence-corrected chi connectivity index (χ0v) is 48.3. The van der Waals surface area contributed by atoms with Crippen LogP contribution in [0.15, 0.2) is 57.7 Å². The number of nitrogens with one attached hydrogen (secondary N) is 2. The Morgan fingerprint density at radius 3 is 2.39 bits per heavy atom. The van der Waals surface area contributed by atoms with Crippen LogP contribution in [0.1, 0.15) is 156 Å². The Hall–Kier alpha value is -2.21. The number of carbonyl (C=O) groups excluding carboxylic acids is 1. The van der Waals surface area contributed by atoms with Gasteiger partial charge in [0, 0.05) is 77.0 Å². The second-order valence-electron chi connectivity index (χ2n) is 28.6. The van der Waals surface area contributed by atoms with Crippen molar-refractivity contribution in [2.24, 2.45) is 103 Å². The monoisotopic (exact) mass is 1100 g/mol. The van der Waals surface area contributed by atoms with E-state index >= 15 is 9.90 Å². The van der Waals surface area contributed by atoms with Crippen LogP contribution in [0, 0.1) is 92.7 Å². The van der Waals surface area contributed by atoms with E-state index in [1.807, 2.05) is 41.2 Å². The van der Waals surface area contributed by atoms with Gasteiger partial charge in [0.05, 0.1) is 36.8 Å². The van der Waals surface area contributed by atoms with Crippen molar-refractivity contribution < 1.29 is 35.4 Å². The minimum Gasteiger partial charge on any atom is -0.396 e. The number of imidazole rings is 1. The highest BCUT2D eigenvalue weighted by Gasteiger charge is 2.81. The molecule has 1 aromatic rings. The molecule has 1 saturated heterocycles. The lowest BCUT2D eigenvalue weighted by Gasteiger charge is -2.68. The fraction of sp³-hybridized carbons (Fsp3) is 0.823. The number of aliphatic hydroxyl groups is 6. The molecule has 10 N–H and O–H groups in total. The van der Waals surface area contributed by atoms with Crippen LogP contribution in [0.5, 0.6) is 0 Å². The average Bonchev–Trinajstić information content (AvgIpc) is 3.18. The number of aromatic nitrogens is 2. The summed E-state index contributed by atoms with van der Waals surface area (Å²) in [6.45, 7) is 9.06. The van der Waals surface area contributed by atoms with Gasteiger partial charge in [-0.15, -0.1) is 0 Å². The Morgan fingerprint density at radius 1 is 0.935 bits per heavy atom. The molecule has 12 aliphatic rings. The van der Waals surface area contributed by atoms with Gasteiger partial charge in [0.2, 0.25) is 0 Å². The zero-order valence-electron chi connectivity index (χ0n) is 46.7. The molecule has 0 aromatic carbocycles. The normalized spacial score (nSPS) is 46.8. The first-order valence-electron chi connectivity index (χ1n) is 30.7. The molecule has 1 aliphatic heterocycles. The molecule has 8 saturated carbocycles. The van der Waals surface area contributed by atoms with Crippen LogP contribution in [0.2, 0.25) is 0 Å². The van der Waals surface area contributed by atoms with Gasteiger partial charge in [-0.05, 0) is 180 Å². The van der Waals surface area contributed by atoms with Gasteiger partial charge in [-0.25, -0.2) is 4.98 Å². The molecule has 2 heterocycles. The molecule has 20 atom stereocenters. The van der Waals surface area contributed by atoms with Gasteiger partial charge in [0.15, 0.2) is 11.7 Å². The molecule has 13 rings (SSSR count). The van der Waals surface area contributed by atoms with Crippen LogP contribution < -0.4 is 16.4 Å². The van der Waals surface area contributed by atoms with Crippen molar-refractivity contribution in [3.05, 3.63) is 52.7 Å². The minimum atomic E-state index is -1.66. The summed E-state index contributed by atoms with van der Waals surface area (Å²) < 4.78 is 1.94. The summed E-state index contributed by atoms with van der Waals surface area (Å²) in [5.41, 5.74) is 10.1. The minimum absolute atomic E-state index is 0.108. The van der Waals surface area contributed by atoms with Gasteiger partial charge in [-0.1, -0.05) is 90.3 Å². The van der Waals surface area contributed by atoms with Gasteiger partial charge in [0.1, 0.15) is 6.23 Å². The number of hydrogen-bond donors (Lipinski definition) is 9. The highest BCUT2D eigenvalue weighted by molar-refractivity contribution is 8.77. The fourth-order valence-corrected chi connectivity index (χ4v) is 26.8. The Kier molecular flexibility index (Phi) is 13.7. The van der Waals surface area contributed by atoms with E-state index in [2.05, 4.69) is 47.2 Å². The molecule has 15 heteroatoms. The number of carbonyl (C=O) groups is 1. The molecule has 2 spiro atoms. The van der Waals surface area contributed by atoms with Crippen molar-refractivity contribution in [2.45, 2.75) is 191 Å². The number of aliphatic hydroxyl groups excluding tert-OH is 5. The van der Waals surface area contributed by atoms with Gasteiger partial charge in [-0.2, -0.15) is 0 Å². The van der Waals surface area contributed by atoms with Crippen LogP contribution in [0.4, 0.5) is 0 Å². The first kappa shape index (κ1) is 54.1. The summed E-state index contributed by atoms with van der Waals surface area (Å²) >= 11 is 0. The molecule has 1 aromatic heterocycles. The Bertz CT molecular complexity index is 2590. The smallest absolute Gasteiger partial charge is 0.190 e. The maximum absolute atomic E-state index is 15.7. The maximum atomic E-state index is 15.7. The van der Waals surface area contributed by atoms with Crippen molar-refractivity contribution in [3.8, 4) is 0 Å². The van der Waals surface area contributed by atoms with Crippen molar-refractivity contribution in [3.63, 3.8) is 0 Å². The first-order chi connectivity index (χ1) is 36.9. The van der Waals surface area contributed by atoms with E-state index in [9.17, 15) is 25.5 Å². The molecule has 4 bridgehead atoms. The SMILES string of the molecule is CNC[C@@H]1[C@@H](O)[C@@H](O)C[C@@]2(C)[C@@H]1C(=O)C=C1[C@@H]2[C@H](CN=C(N)N[C@@H](C)O)[C@H]2CC[C@H]3[C@@H]4[C@H](O)[C@@H]5C6=C(CCC[C@H]63)[C@H]3C(=C5C(C)(C)C[C@@H](n5ccnc5)CSSC5(CCCC5)[C@H]5C[C@H]4[C@]2(CO)[C@]15O)CCCC31CCCC1. The van der Waals surface area contributed by atoms with Crippen molar-refractivity contribution in [2.75, 3.05) is 32.5 Å². The third-order valence-corrected chi connectivity index (χ3v) is 28.4. The van der Waals surface area contributed by atoms with Crippen molar-refractivity contribution in [1.29, 1.82) is 0 Å². The summed E-state index contributed by atoms with van der Waals surface area (Å²) in [6, 6.07) is 0.133. The van der Waals surface area contributed by atoms with Crippen LogP contribution in [-0.4, -0.2) is 119 Å². The molecule has 424 valence electrons. The average molecular weight is 1100 g/mol. The number of fused-ring (bicyclic) bond motifs is 11. The molecule has 77 heavy (non-hydrogen) atoms. The quantitative estimate of drug-likeness (QED) is 0.0418. The van der Waals surface area contributed by atoms with E-state index in [1.165, 1.54) is 44.1 Å². The summed E-state index contributed by atoms with van der Waals surface area (Å²) in [7, 11) is 5.76. The number of rotatable bonds is 7. The van der Waals surface area contributed by atoms with Crippen LogP contribution in [0.25, 0.3) is 0 Å². The summed E-state index contributed by atoms with van der Waals surface area (Å²) in [6.07, 6.45) is 23.2. The predicted molar refractivity (Wildman–Crippen MR) is 303 cm³/mol. The number of nitrogens with two attached hydrogens (primary N) is 1. The number of ketones is 1. The van der Waals surface area contributed by atoms with Gasteiger partial charge in [-0.3, -0.25) is 9.79 Å². The Morgan fingerprint density at radius 2 is 1.68 bits per heavy atom. The summed E-state index contributed by atoms with van der Waals surface area (Å²) in [4.78, 5) is 25.4. The predicted octanol–water partition coefficient (Wildman–Crippen LogP) is 7.88. The largest absolute Gasteiger partial charge is 0.396 e. The van der Waals surface area contributed by atoms with E-state index < -0.39 is 63.5 Å². The third-order valence-electron chi connectivity index (χ3n) is 25.0. The van der Waals surface area contributed by atoms with Gasteiger partial charge >= 0.3 is 0 Å². The molecule has 0 unspecified atom stereocenters. The van der Waals surface area contributed by atoms with Crippen molar-refractivity contribution in [1.82, 2.24) is 20.2 Å². The molecule has 0 amide bonds. The zero-order chi connectivity index (χ0) is 53.8. The van der Waals surface area contributed by atoms with Crippen molar-refractivity contribution >= 4 is 33.3 Å². The lowest BCUT2D eigenvalue weighted by atomic mass is 9.38. The van der Waals surface area contributed by atoms with E-state index in [-0.39, 0.29) is 95.5 Å². The van der Waals surface area contributed by atoms with E-state index in [1.54, 1.807) is 29.7 Å². The number of hydrogen-bond acceptors (Lipinski definition) is 12. The van der Waals surface area contributed by atoms with E-state index in [0.717, 1.165) is 70.0 Å². The second kappa shape index (κ2) is 19.4. The number of aliphatic imine (C=N–C) groups is 1. The Balaban J connectivity index is 1.08. The Labute approximate surface area is 465 Å². The fourth-order valence-electron chi connectivity index (χ4n) is 23.0. The lowest BCUT2D eigenvalue weighted by Crippen LogP contribution is -2.72. The first-order valence-corrected chi connectivity index (χ1v) is 33.0. The van der Waals surface area contributed by atoms with Crippen LogP contribution in [-0.2, 0) is 4.79 Å². The molecular formula is C62H92N6O7S2. The van der Waals surface area contributed by atoms with E-state index in [4.69, 9.17) is 10.7 Å². The van der Waals surface area contributed by atoms with Gasteiger partial charge in [0.25, 0.3) is 0 Å². The molecule has 13 nitrogen and oxygen atoms in total. The highest BCUT2D eigenvalue weighted by Crippen LogP contribution is 2.80. The number of allylic oxidation sites excluding steroid dienone is 3. The van der Waals surface area contributed by atoms with E-state index in [0.29, 0.717) is 30.9 Å². The van der Waals surface area contributed by atoms with Gasteiger partial charge < -0.3 is 51.6 Å². The summed E-state index contributed by atoms with van der Waals surface area (Å²) in [5, 5.41) is 84.0. The highest BCUT2D eigenvalue weighted by atomic mass is 33.1. The van der Waals surface area contributed by atoms with Crippen LogP contribution >= 0.6 is 21.6 Å². The lowest BCUT2D eigenvalue weighted by molar-refractivity contribution is -0.218. The standard InChI is InChI=1S/C62H92N6O7S2/c1-33(70)67-56(63)66-29-39-41-16-15-36-35-12-10-13-37-47(35)49-53(38-14-11-19-59(50(37)38)17-6-7-18-59)57(2,3)26-34(68-23-22-65-32-68)30-76-77-60(20-8-9-21-60)46-25-42(48(36)55(49)74)61(41,31-69)62(46,75)43-24-44(71)52-40(28-64-5)54(73)45(72)27-58(52,4)51(39)43/h22-24,32-36,39-42,45-46,48-52,54-55,64,69-70,72-75H,6-21,25-31H2,1-5H3,(H3,63,66,67)/t33-,34-,35+,36-,39-,40+,41-,42-,45+,46-,48+,49-,50+,51+,52+,54-,55+,58-,61-,62+/m1/s1. The van der Waals surface area contributed by atoms with Crippen LogP contribution in [0.3, 0.4) is 0 Å². The molecule has 11 aliphatic carbocycles. The molecule has 0 radical (unpaired) electrons.